The van der Waals surface area contributed by atoms with Crippen LogP contribution in [0.4, 0.5) is 0 Å². The van der Waals surface area contributed by atoms with Crippen LogP contribution in [0.1, 0.15) is 19.8 Å². The van der Waals surface area contributed by atoms with Crippen molar-refractivity contribution >= 4 is 0 Å². The van der Waals surface area contributed by atoms with Gasteiger partial charge in [-0.3, -0.25) is 0 Å². The van der Waals surface area contributed by atoms with Gasteiger partial charge in [0.05, 0.1) is 19.0 Å². The predicted molar refractivity (Wildman–Crippen MR) is 66.8 cm³/mol. The highest BCUT2D eigenvalue weighted by atomic mass is 16.5. The highest BCUT2D eigenvalue weighted by molar-refractivity contribution is 4.74. The molecule has 17 heavy (non-hydrogen) atoms. The monoisotopic (exact) mass is 241 g/mol. The lowest BCUT2D eigenvalue weighted by atomic mass is 10.3. The van der Waals surface area contributed by atoms with Crippen LogP contribution in [-0.4, -0.2) is 47.1 Å². The van der Waals surface area contributed by atoms with Crippen molar-refractivity contribution in [3.8, 4) is 0 Å². The molecule has 0 aliphatic rings. The molecule has 98 valence electrons. The lowest BCUT2D eigenvalue weighted by Gasteiger charge is -2.12. The standard InChI is InChI=1S/C12H23N3O2/c1-2-3-8-17-10-12(16)9-13-4-6-15-7-5-14-11-15/h5,7,11-13,16H,2-4,6,8-10H2,1H3. The zero-order valence-electron chi connectivity index (χ0n) is 10.5. The second-order valence-corrected chi connectivity index (χ2v) is 4.09. The third-order valence-electron chi connectivity index (χ3n) is 2.44. The van der Waals surface area contributed by atoms with Crippen molar-refractivity contribution in [3.63, 3.8) is 0 Å². The molecule has 0 aliphatic heterocycles. The van der Waals surface area contributed by atoms with Crippen LogP contribution in [0.15, 0.2) is 18.7 Å². The van der Waals surface area contributed by atoms with Gasteiger partial charge in [-0.05, 0) is 6.42 Å². The molecule has 0 saturated carbocycles. The first kappa shape index (κ1) is 14.2. The minimum atomic E-state index is -0.422. The molecule has 5 nitrogen and oxygen atoms in total. The van der Waals surface area contributed by atoms with Crippen LogP contribution in [-0.2, 0) is 11.3 Å². The number of hydrogen-bond donors (Lipinski definition) is 2. The molecule has 0 aliphatic carbocycles. The van der Waals surface area contributed by atoms with Crippen molar-refractivity contribution in [2.24, 2.45) is 0 Å². The third-order valence-corrected chi connectivity index (χ3v) is 2.44. The molecule has 0 fully saturated rings. The first-order valence-corrected chi connectivity index (χ1v) is 6.25. The molecule has 0 bridgehead atoms. The summed E-state index contributed by atoms with van der Waals surface area (Å²) in [4.78, 5) is 3.96. The summed E-state index contributed by atoms with van der Waals surface area (Å²) in [6.45, 7) is 5.53. The van der Waals surface area contributed by atoms with Gasteiger partial charge in [0.15, 0.2) is 0 Å². The Hall–Kier alpha value is -0.910. The first-order valence-electron chi connectivity index (χ1n) is 6.25. The van der Waals surface area contributed by atoms with E-state index in [9.17, 15) is 5.11 Å². The minimum Gasteiger partial charge on any atom is -0.389 e. The summed E-state index contributed by atoms with van der Waals surface area (Å²) >= 11 is 0. The number of hydrogen-bond acceptors (Lipinski definition) is 4. The maximum absolute atomic E-state index is 9.60. The number of nitrogens with one attached hydrogen (secondary N) is 1. The second-order valence-electron chi connectivity index (χ2n) is 4.09. The molecule has 0 saturated heterocycles. The number of imidazole rings is 1. The van der Waals surface area contributed by atoms with Crippen molar-refractivity contribution in [3.05, 3.63) is 18.7 Å². The maximum atomic E-state index is 9.60. The fourth-order valence-corrected chi connectivity index (χ4v) is 1.42. The molecule has 5 heteroatoms. The summed E-state index contributed by atoms with van der Waals surface area (Å²) in [6, 6.07) is 0. The average molecular weight is 241 g/mol. The molecule has 0 radical (unpaired) electrons. The van der Waals surface area contributed by atoms with Gasteiger partial charge >= 0.3 is 0 Å². The van der Waals surface area contributed by atoms with E-state index in [1.54, 1.807) is 12.5 Å². The van der Waals surface area contributed by atoms with Crippen molar-refractivity contribution in [2.75, 3.05) is 26.3 Å². The predicted octanol–water partition coefficient (Wildman–Crippen LogP) is 0.650. The number of aliphatic hydroxyl groups excluding tert-OH is 1. The number of aromatic nitrogens is 2. The number of ether oxygens (including phenoxy) is 1. The highest BCUT2D eigenvalue weighted by Gasteiger charge is 2.02. The fourth-order valence-electron chi connectivity index (χ4n) is 1.42. The van der Waals surface area contributed by atoms with E-state index in [1.807, 2.05) is 10.8 Å². The van der Waals surface area contributed by atoms with Gasteiger partial charge < -0.3 is 19.7 Å². The average Bonchev–Trinajstić information content (AvgIpc) is 2.83. The van der Waals surface area contributed by atoms with Gasteiger partial charge in [-0.2, -0.15) is 0 Å². The van der Waals surface area contributed by atoms with E-state index in [4.69, 9.17) is 4.74 Å². The minimum absolute atomic E-state index is 0.415. The van der Waals surface area contributed by atoms with Crippen LogP contribution < -0.4 is 5.32 Å². The van der Waals surface area contributed by atoms with Crippen molar-refractivity contribution in [1.82, 2.24) is 14.9 Å². The molecule has 0 aromatic carbocycles. The second kappa shape index (κ2) is 9.15. The quantitative estimate of drug-likeness (QED) is 0.591. The van der Waals surface area contributed by atoms with Gasteiger partial charge in [0.2, 0.25) is 0 Å². The summed E-state index contributed by atoms with van der Waals surface area (Å²) in [6.07, 6.45) is 7.23. The number of aliphatic hydroxyl groups is 1. The number of rotatable bonds is 10. The molecule has 2 N–H and O–H groups in total. The van der Waals surface area contributed by atoms with Crippen LogP contribution in [0.2, 0.25) is 0 Å². The van der Waals surface area contributed by atoms with E-state index >= 15 is 0 Å². The van der Waals surface area contributed by atoms with Gasteiger partial charge in [0, 0.05) is 38.6 Å². The highest BCUT2D eigenvalue weighted by Crippen LogP contribution is 1.90. The molecule has 1 heterocycles. The fraction of sp³-hybridized carbons (Fsp3) is 0.750. The normalized spacial score (nSPS) is 12.8. The third kappa shape index (κ3) is 7.10. The summed E-state index contributed by atoms with van der Waals surface area (Å²) in [5, 5.41) is 12.8. The van der Waals surface area contributed by atoms with E-state index in [1.165, 1.54) is 0 Å². The summed E-state index contributed by atoms with van der Waals surface area (Å²) < 4.78 is 7.33. The summed E-state index contributed by atoms with van der Waals surface area (Å²) in [5.41, 5.74) is 0. The summed E-state index contributed by atoms with van der Waals surface area (Å²) in [5.74, 6) is 0. The SMILES string of the molecule is CCCCOCC(O)CNCCn1ccnc1. The molecule has 1 rings (SSSR count). The van der Waals surface area contributed by atoms with E-state index in [2.05, 4.69) is 17.2 Å². The zero-order chi connectivity index (χ0) is 12.3. The van der Waals surface area contributed by atoms with E-state index in [0.717, 1.165) is 32.5 Å². The molecular weight excluding hydrogens is 218 g/mol. The Kier molecular flexibility index (Phi) is 7.62. The molecular formula is C12H23N3O2. The Balaban J connectivity index is 1.91. The van der Waals surface area contributed by atoms with Crippen LogP contribution in [0, 0.1) is 0 Å². The molecule has 1 aromatic rings. The Bertz CT molecular complexity index is 265. The van der Waals surface area contributed by atoms with E-state index < -0.39 is 6.10 Å². The largest absolute Gasteiger partial charge is 0.389 e. The Morgan fingerprint density at radius 1 is 1.53 bits per heavy atom. The summed E-state index contributed by atoms with van der Waals surface area (Å²) in [7, 11) is 0. The van der Waals surface area contributed by atoms with Gasteiger partial charge in [-0.25, -0.2) is 4.98 Å². The number of nitrogens with zero attached hydrogens (tertiary/aromatic N) is 2. The van der Waals surface area contributed by atoms with Crippen molar-refractivity contribution < 1.29 is 9.84 Å². The van der Waals surface area contributed by atoms with Gasteiger partial charge in [-0.15, -0.1) is 0 Å². The number of unbranched alkanes of at least 4 members (excludes halogenated alkanes) is 1. The molecule has 0 amide bonds. The van der Waals surface area contributed by atoms with Crippen LogP contribution in [0.5, 0.6) is 0 Å². The van der Waals surface area contributed by atoms with Crippen molar-refractivity contribution in [2.45, 2.75) is 32.4 Å². The maximum Gasteiger partial charge on any atom is 0.0946 e. The van der Waals surface area contributed by atoms with Gasteiger partial charge in [0.1, 0.15) is 0 Å². The zero-order valence-corrected chi connectivity index (χ0v) is 10.5. The van der Waals surface area contributed by atoms with Crippen molar-refractivity contribution in [1.29, 1.82) is 0 Å². The smallest absolute Gasteiger partial charge is 0.0946 e. The van der Waals surface area contributed by atoms with E-state index in [0.29, 0.717) is 13.2 Å². The molecule has 1 atom stereocenters. The van der Waals surface area contributed by atoms with Crippen LogP contribution in [0.3, 0.4) is 0 Å². The molecule has 0 spiro atoms. The lowest BCUT2D eigenvalue weighted by Crippen LogP contribution is -2.32. The Labute approximate surface area is 103 Å². The van der Waals surface area contributed by atoms with Crippen LogP contribution >= 0.6 is 0 Å². The Morgan fingerprint density at radius 3 is 3.12 bits per heavy atom. The van der Waals surface area contributed by atoms with E-state index in [-0.39, 0.29) is 0 Å². The molecule has 1 unspecified atom stereocenters. The topological polar surface area (TPSA) is 59.3 Å². The van der Waals surface area contributed by atoms with Gasteiger partial charge in [-0.1, -0.05) is 13.3 Å². The Morgan fingerprint density at radius 2 is 2.41 bits per heavy atom. The first-order chi connectivity index (χ1) is 8.33. The van der Waals surface area contributed by atoms with Crippen LogP contribution in [0.25, 0.3) is 0 Å². The molecule has 1 aromatic heterocycles. The lowest BCUT2D eigenvalue weighted by molar-refractivity contribution is 0.0359. The van der Waals surface area contributed by atoms with Gasteiger partial charge in [0.25, 0.3) is 0 Å².